The average Bonchev–Trinajstić information content (AvgIpc) is 2.81. The number of hydrogen-bond donors (Lipinski definition) is 0. The second-order valence-corrected chi connectivity index (χ2v) is 7.94. The SMILES string of the molecule is CN(Cc1cccnc1)C(=O)CC(OCc1cc(C(F)(F)F)cc(C(F)(F)F)c1)c1ccccc1. The van der Waals surface area contributed by atoms with Crippen molar-refractivity contribution in [3.05, 3.63) is 101 Å². The number of nitrogens with zero attached hydrogens (tertiary/aromatic N) is 2. The molecule has 4 nitrogen and oxygen atoms in total. The van der Waals surface area contributed by atoms with Crippen LogP contribution >= 0.6 is 0 Å². The molecule has 2 aromatic carbocycles. The van der Waals surface area contributed by atoms with E-state index in [1.54, 1.807) is 61.9 Å². The fourth-order valence-electron chi connectivity index (χ4n) is 3.41. The zero-order valence-corrected chi connectivity index (χ0v) is 18.6. The van der Waals surface area contributed by atoms with E-state index in [1.807, 2.05) is 0 Å². The van der Waals surface area contributed by atoms with Gasteiger partial charge in [0.15, 0.2) is 0 Å². The van der Waals surface area contributed by atoms with Crippen LogP contribution in [0.15, 0.2) is 73.1 Å². The Morgan fingerprint density at radius 2 is 1.54 bits per heavy atom. The van der Waals surface area contributed by atoms with Crippen LogP contribution in [0.3, 0.4) is 0 Å². The van der Waals surface area contributed by atoms with Crippen molar-refractivity contribution in [2.45, 2.75) is 38.0 Å². The highest BCUT2D eigenvalue weighted by Crippen LogP contribution is 2.37. The molecule has 0 bridgehead atoms. The Kier molecular flexibility index (Phi) is 8.16. The number of amides is 1. The van der Waals surface area contributed by atoms with Gasteiger partial charge in [0.25, 0.3) is 0 Å². The summed E-state index contributed by atoms with van der Waals surface area (Å²) < 4.78 is 84.8. The van der Waals surface area contributed by atoms with Crippen LogP contribution in [0.2, 0.25) is 0 Å². The minimum atomic E-state index is -4.96. The smallest absolute Gasteiger partial charge is 0.368 e. The lowest BCUT2D eigenvalue weighted by atomic mass is 10.0. The topological polar surface area (TPSA) is 42.4 Å². The Hall–Kier alpha value is -3.40. The van der Waals surface area contributed by atoms with E-state index < -0.39 is 36.2 Å². The Morgan fingerprint density at radius 3 is 2.09 bits per heavy atom. The van der Waals surface area contributed by atoms with Crippen LogP contribution in [0.5, 0.6) is 0 Å². The van der Waals surface area contributed by atoms with E-state index in [0.29, 0.717) is 17.7 Å². The van der Waals surface area contributed by atoms with E-state index in [1.165, 1.54) is 4.90 Å². The highest BCUT2D eigenvalue weighted by Gasteiger charge is 2.37. The molecule has 3 rings (SSSR count). The van der Waals surface area contributed by atoms with Gasteiger partial charge in [-0.3, -0.25) is 9.78 Å². The van der Waals surface area contributed by atoms with Crippen LogP contribution in [-0.4, -0.2) is 22.8 Å². The number of benzene rings is 2. The second-order valence-electron chi connectivity index (χ2n) is 7.94. The van der Waals surface area contributed by atoms with Crippen LogP contribution in [0, 0.1) is 0 Å². The number of rotatable bonds is 8. The van der Waals surface area contributed by atoms with Crippen molar-refractivity contribution in [1.82, 2.24) is 9.88 Å². The number of aromatic nitrogens is 1. The fraction of sp³-hybridized carbons (Fsp3) is 0.280. The van der Waals surface area contributed by atoms with Gasteiger partial charge in [-0.15, -0.1) is 0 Å². The van der Waals surface area contributed by atoms with Gasteiger partial charge >= 0.3 is 12.4 Å². The molecule has 0 aliphatic rings. The van der Waals surface area contributed by atoms with Crippen molar-refractivity contribution < 1.29 is 35.9 Å². The van der Waals surface area contributed by atoms with Gasteiger partial charge in [-0.05, 0) is 41.0 Å². The molecule has 0 aliphatic heterocycles. The first kappa shape index (κ1) is 26.2. The summed E-state index contributed by atoms with van der Waals surface area (Å²) in [6, 6.07) is 13.3. The molecule has 10 heteroatoms. The second kappa shape index (κ2) is 10.9. The van der Waals surface area contributed by atoms with Gasteiger partial charge in [0.1, 0.15) is 0 Å². The first-order valence-electron chi connectivity index (χ1n) is 10.5. The van der Waals surface area contributed by atoms with Gasteiger partial charge in [0, 0.05) is 26.0 Å². The predicted octanol–water partition coefficient (Wildman–Crippen LogP) is 6.43. The molecule has 0 saturated carbocycles. The van der Waals surface area contributed by atoms with E-state index in [9.17, 15) is 31.1 Å². The normalized spacial score (nSPS) is 12.9. The zero-order chi connectivity index (χ0) is 25.6. The van der Waals surface area contributed by atoms with Gasteiger partial charge in [-0.25, -0.2) is 0 Å². The van der Waals surface area contributed by atoms with E-state index >= 15 is 0 Å². The summed E-state index contributed by atoms with van der Waals surface area (Å²) in [7, 11) is 1.58. The summed E-state index contributed by atoms with van der Waals surface area (Å²) in [5.41, 5.74) is -1.78. The van der Waals surface area contributed by atoms with Gasteiger partial charge in [0.05, 0.1) is 30.3 Å². The molecule has 0 saturated heterocycles. The summed E-state index contributed by atoms with van der Waals surface area (Å²) in [6.07, 6.45) is -7.75. The van der Waals surface area contributed by atoms with E-state index in [4.69, 9.17) is 4.74 Å². The van der Waals surface area contributed by atoms with Gasteiger partial charge < -0.3 is 9.64 Å². The number of hydrogen-bond acceptors (Lipinski definition) is 3. The van der Waals surface area contributed by atoms with Crippen LogP contribution in [0.4, 0.5) is 26.3 Å². The number of halogens is 6. The van der Waals surface area contributed by atoms with Crippen molar-refractivity contribution in [1.29, 1.82) is 0 Å². The van der Waals surface area contributed by atoms with Crippen molar-refractivity contribution in [3.63, 3.8) is 0 Å². The molecule has 0 aliphatic carbocycles. The van der Waals surface area contributed by atoms with Gasteiger partial charge in [0.2, 0.25) is 5.91 Å². The Morgan fingerprint density at radius 1 is 0.914 bits per heavy atom. The van der Waals surface area contributed by atoms with Crippen LogP contribution in [0.25, 0.3) is 0 Å². The first-order valence-corrected chi connectivity index (χ1v) is 10.5. The molecule has 1 atom stereocenters. The first-order chi connectivity index (χ1) is 16.4. The maximum atomic E-state index is 13.2. The lowest BCUT2D eigenvalue weighted by Crippen LogP contribution is -2.28. The quantitative estimate of drug-likeness (QED) is 0.338. The summed E-state index contributed by atoms with van der Waals surface area (Å²) >= 11 is 0. The highest BCUT2D eigenvalue weighted by atomic mass is 19.4. The van der Waals surface area contributed by atoms with Crippen molar-refractivity contribution in [2.24, 2.45) is 0 Å². The third kappa shape index (κ3) is 7.54. The van der Waals surface area contributed by atoms with Crippen LogP contribution < -0.4 is 0 Å². The summed E-state index contributed by atoms with van der Waals surface area (Å²) in [5, 5.41) is 0. The number of ether oxygens (including phenoxy) is 1. The summed E-state index contributed by atoms with van der Waals surface area (Å²) in [5.74, 6) is -0.317. The zero-order valence-electron chi connectivity index (χ0n) is 18.6. The van der Waals surface area contributed by atoms with E-state index in [0.717, 1.165) is 5.56 Å². The molecule has 0 N–H and O–H groups in total. The standard InChI is InChI=1S/C25H22F6N2O2/c1-33(15-17-6-5-9-32-14-17)23(34)13-22(19-7-3-2-4-8-19)35-16-18-10-20(24(26,27)28)12-21(11-18)25(29,30)31/h2-12,14,22H,13,15-16H2,1H3. The van der Waals surface area contributed by atoms with Crippen molar-refractivity contribution in [3.8, 4) is 0 Å². The molecular formula is C25H22F6N2O2. The Labute approximate surface area is 198 Å². The number of pyridine rings is 1. The predicted molar refractivity (Wildman–Crippen MR) is 116 cm³/mol. The Balaban J connectivity index is 1.80. The van der Waals surface area contributed by atoms with E-state index in [2.05, 4.69) is 4.98 Å². The minimum Gasteiger partial charge on any atom is -0.368 e. The van der Waals surface area contributed by atoms with Crippen molar-refractivity contribution >= 4 is 5.91 Å². The largest absolute Gasteiger partial charge is 0.416 e. The van der Waals surface area contributed by atoms with E-state index in [-0.39, 0.29) is 30.5 Å². The molecule has 35 heavy (non-hydrogen) atoms. The lowest BCUT2D eigenvalue weighted by molar-refractivity contribution is -0.143. The van der Waals surface area contributed by atoms with Gasteiger partial charge in [-0.2, -0.15) is 26.3 Å². The average molecular weight is 496 g/mol. The van der Waals surface area contributed by atoms with Crippen LogP contribution in [-0.2, 0) is 35.0 Å². The molecule has 1 heterocycles. The highest BCUT2D eigenvalue weighted by molar-refractivity contribution is 5.76. The Bertz CT molecular complexity index is 1090. The number of carbonyl (C=O) groups excluding carboxylic acids is 1. The number of alkyl halides is 6. The summed E-state index contributed by atoms with van der Waals surface area (Å²) in [4.78, 5) is 18.3. The molecule has 0 radical (unpaired) electrons. The number of carbonyl (C=O) groups is 1. The van der Waals surface area contributed by atoms with Crippen LogP contribution in [0.1, 0.15) is 40.3 Å². The molecule has 0 fully saturated rings. The monoisotopic (exact) mass is 496 g/mol. The molecule has 0 spiro atoms. The summed E-state index contributed by atoms with van der Waals surface area (Å²) in [6.45, 7) is -0.275. The molecular weight excluding hydrogens is 474 g/mol. The van der Waals surface area contributed by atoms with Gasteiger partial charge in [-0.1, -0.05) is 36.4 Å². The van der Waals surface area contributed by atoms with Crippen molar-refractivity contribution in [2.75, 3.05) is 7.05 Å². The molecule has 1 amide bonds. The fourth-order valence-corrected chi connectivity index (χ4v) is 3.41. The third-order valence-electron chi connectivity index (χ3n) is 5.20. The third-order valence-corrected chi connectivity index (χ3v) is 5.20. The minimum absolute atomic E-state index is 0.0646. The maximum absolute atomic E-state index is 13.2. The molecule has 3 aromatic rings. The molecule has 186 valence electrons. The molecule has 1 aromatic heterocycles. The molecule has 1 unspecified atom stereocenters. The lowest BCUT2D eigenvalue weighted by Gasteiger charge is -2.23. The maximum Gasteiger partial charge on any atom is 0.416 e.